The Bertz CT molecular complexity index is 1700. The number of nitrogens with zero attached hydrogens (tertiary/aromatic N) is 1. The first kappa shape index (κ1) is 26.8. The van der Waals surface area contributed by atoms with Gasteiger partial charge in [0, 0.05) is 24.1 Å². The van der Waals surface area contributed by atoms with Crippen molar-refractivity contribution in [2.45, 2.75) is 18.8 Å². The zero-order valence-corrected chi connectivity index (χ0v) is 21.5. The average molecular weight is 558 g/mol. The molecule has 1 aromatic heterocycles. The third-order valence-corrected chi connectivity index (χ3v) is 7.59. The Balaban J connectivity index is 1.79. The van der Waals surface area contributed by atoms with Crippen molar-refractivity contribution < 1.29 is 40.8 Å². The number of halogens is 3. The zero-order chi connectivity index (χ0) is 28.2. The van der Waals surface area contributed by atoms with E-state index in [-0.39, 0.29) is 28.5 Å². The molecule has 1 aliphatic carbocycles. The summed E-state index contributed by atoms with van der Waals surface area (Å²) in [5.41, 5.74) is -0.169. The summed E-state index contributed by atoms with van der Waals surface area (Å²) in [6.45, 7) is 0. The van der Waals surface area contributed by atoms with Crippen LogP contribution in [0.2, 0.25) is 0 Å². The lowest BCUT2D eigenvalue weighted by Gasteiger charge is -2.26. The van der Waals surface area contributed by atoms with E-state index in [0.717, 1.165) is 10.6 Å². The van der Waals surface area contributed by atoms with E-state index in [1.165, 1.54) is 37.4 Å². The van der Waals surface area contributed by atoms with E-state index >= 15 is 0 Å². The minimum Gasteiger partial charge on any atom is -0.455 e. The van der Waals surface area contributed by atoms with Crippen molar-refractivity contribution in [1.82, 2.24) is 5.32 Å². The SMILES string of the molecule is CNC(=O)c1c(-c2ccc(F)cc2)oc2cc(N(c3cc(F)c(B(O)O)c(F)c3)S(C)(=O)=O)c(C3CC3)cc12. The van der Waals surface area contributed by atoms with Gasteiger partial charge in [-0.15, -0.1) is 0 Å². The molecule has 0 unspecified atom stereocenters. The summed E-state index contributed by atoms with van der Waals surface area (Å²) in [6, 6.07) is 9.69. The van der Waals surface area contributed by atoms with Gasteiger partial charge in [0.2, 0.25) is 10.0 Å². The molecule has 0 atom stereocenters. The molecule has 1 fully saturated rings. The van der Waals surface area contributed by atoms with E-state index in [0.29, 0.717) is 41.5 Å². The Morgan fingerprint density at radius 2 is 1.67 bits per heavy atom. The molecule has 3 N–H and O–H groups in total. The van der Waals surface area contributed by atoms with E-state index in [9.17, 15) is 36.4 Å². The van der Waals surface area contributed by atoms with E-state index in [1.807, 2.05) is 0 Å². The second-order valence-corrected chi connectivity index (χ2v) is 11.1. The molecule has 0 bridgehead atoms. The molecule has 39 heavy (non-hydrogen) atoms. The number of carbonyl (C=O) groups excluding carboxylic acids is 1. The molecule has 1 heterocycles. The number of rotatable bonds is 7. The van der Waals surface area contributed by atoms with E-state index < -0.39 is 51.7 Å². The summed E-state index contributed by atoms with van der Waals surface area (Å²) < 4.78 is 75.8. The highest BCUT2D eigenvalue weighted by molar-refractivity contribution is 7.92. The third kappa shape index (κ3) is 4.88. The predicted octanol–water partition coefficient (Wildman–Crippen LogP) is 3.53. The van der Waals surface area contributed by atoms with Gasteiger partial charge in [-0.2, -0.15) is 0 Å². The largest absolute Gasteiger partial charge is 0.494 e. The van der Waals surface area contributed by atoms with Gasteiger partial charge >= 0.3 is 7.12 Å². The highest BCUT2D eigenvalue weighted by Crippen LogP contribution is 2.49. The molecule has 1 amide bonds. The molecule has 202 valence electrons. The number of hydrogen-bond acceptors (Lipinski definition) is 6. The van der Waals surface area contributed by atoms with Crippen LogP contribution in [0.15, 0.2) is 52.9 Å². The van der Waals surface area contributed by atoms with Gasteiger partial charge in [0.05, 0.1) is 28.7 Å². The van der Waals surface area contributed by atoms with Crippen LogP contribution in [0.4, 0.5) is 24.5 Å². The molecule has 4 aromatic rings. The van der Waals surface area contributed by atoms with E-state index in [4.69, 9.17) is 4.42 Å². The van der Waals surface area contributed by atoms with Crippen LogP contribution in [0.5, 0.6) is 0 Å². The van der Waals surface area contributed by atoms with Gasteiger partial charge < -0.3 is 19.8 Å². The fraction of sp³-hybridized carbons (Fsp3) is 0.192. The predicted molar refractivity (Wildman–Crippen MR) is 140 cm³/mol. The summed E-state index contributed by atoms with van der Waals surface area (Å²) in [5, 5.41) is 21.6. The van der Waals surface area contributed by atoms with Crippen molar-refractivity contribution in [3.63, 3.8) is 0 Å². The number of anilines is 2. The lowest BCUT2D eigenvalue weighted by Crippen LogP contribution is -2.36. The maximum absolute atomic E-state index is 14.7. The van der Waals surface area contributed by atoms with Crippen LogP contribution in [0.25, 0.3) is 22.3 Å². The first-order valence-electron chi connectivity index (χ1n) is 11.8. The van der Waals surface area contributed by atoms with Gasteiger partial charge in [0.15, 0.2) is 0 Å². The Morgan fingerprint density at radius 1 is 1.05 bits per heavy atom. The van der Waals surface area contributed by atoms with Crippen molar-refractivity contribution >= 4 is 50.9 Å². The van der Waals surface area contributed by atoms with Gasteiger partial charge in [0.1, 0.15) is 28.8 Å². The maximum atomic E-state index is 14.7. The van der Waals surface area contributed by atoms with E-state index in [2.05, 4.69) is 5.32 Å². The van der Waals surface area contributed by atoms with Gasteiger partial charge in [-0.05, 0) is 66.8 Å². The van der Waals surface area contributed by atoms with Crippen LogP contribution in [0, 0.1) is 17.5 Å². The molecular formula is C26H22BF3N2O6S. The topological polar surface area (TPSA) is 120 Å². The summed E-state index contributed by atoms with van der Waals surface area (Å²) >= 11 is 0. The van der Waals surface area contributed by atoms with Crippen molar-refractivity contribution in [2.24, 2.45) is 0 Å². The molecule has 3 aromatic carbocycles. The Labute approximate surface area is 221 Å². The fourth-order valence-corrected chi connectivity index (χ4v) is 5.65. The van der Waals surface area contributed by atoms with Crippen LogP contribution in [-0.4, -0.2) is 44.8 Å². The van der Waals surface area contributed by atoms with Gasteiger partial charge in [-0.3, -0.25) is 4.79 Å². The Kier molecular flexibility index (Phi) is 6.69. The van der Waals surface area contributed by atoms with Gasteiger partial charge in [0.25, 0.3) is 5.91 Å². The molecule has 5 rings (SSSR count). The van der Waals surface area contributed by atoms with Crippen LogP contribution in [0.3, 0.4) is 0 Å². The molecule has 0 radical (unpaired) electrons. The van der Waals surface area contributed by atoms with Crippen molar-refractivity contribution in [3.05, 3.63) is 77.1 Å². The molecule has 1 aliphatic rings. The maximum Gasteiger partial charge on any atom is 0.494 e. The first-order valence-corrected chi connectivity index (χ1v) is 13.7. The van der Waals surface area contributed by atoms with E-state index in [1.54, 1.807) is 6.07 Å². The van der Waals surface area contributed by atoms with Crippen LogP contribution < -0.4 is 15.1 Å². The zero-order valence-electron chi connectivity index (χ0n) is 20.7. The number of furan rings is 1. The molecule has 0 saturated heterocycles. The van der Waals surface area contributed by atoms with Crippen molar-refractivity contribution in [1.29, 1.82) is 0 Å². The minimum atomic E-state index is -4.20. The molecule has 8 nitrogen and oxygen atoms in total. The number of hydrogen-bond donors (Lipinski definition) is 3. The average Bonchev–Trinajstić information content (AvgIpc) is 3.62. The summed E-state index contributed by atoms with van der Waals surface area (Å²) in [7, 11) is -5.21. The number of sulfonamides is 1. The van der Waals surface area contributed by atoms with Crippen molar-refractivity contribution in [3.8, 4) is 11.3 Å². The number of fused-ring (bicyclic) bond motifs is 1. The lowest BCUT2D eigenvalue weighted by atomic mass is 9.79. The van der Waals surface area contributed by atoms with Gasteiger partial charge in [-0.25, -0.2) is 25.9 Å². The van der Waals surface area contributed by atoms with Crippen molar-refractivity contribution in [2.75, 3.05) is 17.6 Å². The smallest absolute Gasteiger partial charge is 0.455 e. The van der Waals surface area contributed by atoms with Crippen LogP contribution >= 0.6 is 0 Å². The van der Waals surface area contributed by atoms with Crippen LogP contribution in [-0.2, 0) is 10.0 Å². The standard InChI is InChI=1S/C26H22BF3N2O6S/c1-31-26(33)23-18-11-17(13-3-4-13)21(12-22(18)38-25(23)14-5-7-15(28)8-6-14)32(39(2,36)37)16-9-19(29)24(27(34)35)20(30)10-16/h5-13,34-35H,3-4H2,1-2H3,(H,31,33). The first-order chi connectivity index (χ1) is 18.4. The molecular weight excluding hydrogens is 536 g/mol. The second kappa shape index (κ2) is 9.74. The Morgan fingerprint density at radius 3 is 2.18 bits per heavy atom. The summed E-state index contributed by atoms with van der Waals surface area (Å²) in [5.74, 6) is -3.62. The lowest BCUT2D eigenvalue weighted by molar-refractivity contribution is 0.0964. The van der Waals surface area contributed by atoms with Crippen LogP contribution in [0.1, 0.15) is 34.7 Å². The van der Waals surface area contributed by atoms with Gasteiger partial charge in [-0.1, -0.05) is 0 Å². The fourth-order valence-electron chi connectivity index (χ4n) is 4.65. The molecule has 0 aliphatic heterocycles. The Hall–Kier alpha value is -3.81. The minimum absolute atomic E-state index is 0.0615. The summed E-state index contributed by atoms with van der Waals surface area (Å²) in [4.78, 5) is 12.9. The number of benzene rings is 3. The third-order valence-electron chi connectivity index (χ3n) is 6.52. The highest BCUT2D eigenvalue weighted by atomic mass is 32.2. The molecule has 13 heteroatoms. The molecule has 1 saturated carbocycles. The number of nitrogens with one attached hydrogen (secondary N) is 1. The quantitative estimate of drug-likeness (QED) is 0.299. The number of amides is 1. The normalized spacial score (nSPS) is 13.5. The monoisotopic (exact) mass is 558 g/mol. The number of carbonyl (C=O) groups is 1. The summed E-state index contributed by atoms with van der Waals surface area (Å²) in [6.07, 6.45) is 2.29. The molecule has 0 spiro atoms. The highest BCUT2D eigenvalue weighted by Gasteiger charge is 2.35. The second-order valence-electron chi connectivity index (χ2n) is 9.30.